The number of nitrogens with one attached hydrogen (secondary N) is 1. The Hall–Kier alpha value is -1.02. The lowest BCUT2D eigenvalue weighted by Gasteiger charge is -2.54. The summed E-state index contributed by atoms with van der Waals surface area (Å²) in [5.41, 5.74) is 2.34. The molecule has 1 aliphatic carbocycles. The van der Waals surface area contributed by atoms with Crippen LogP contribution in [0.3, 0.4) is 0 Å². The van der Waals surface area contributed by atoms with Crippen LogP contribution in [0, 0.1) is 5.41 Å². The number of benzene rings is 1. The van der Waals surface area contributed by atoms with E-state index in [0.717, 1.165) is 12.3 Å². The van der Waals surface area contributed by atoms with Gasteiger partial charge in [-0.25, -0.2) is 0 Å². The minimum absolute atomic E-state index is 0.166. The van der Waals surface area contributed by atoms with Crippen molar-refractivity contribution < 1.29 is 4.74 Å². The predicted octanol–water partition coefficient (Wildman–Crippen LogP) is 4.14. The van der Waals surface area contributed by atoms with E-state index in [-0.39, 0.29) is 11.0 Å². The van der Waals surface area contributed by atoms with Crippen molar-refractivity contribution in [3.8, 4) is 5.75 Å². The number of rotatable bonds is 4. The molecule has 112 valence electrons. The third kappa shape index (κ3) is 3.35. The first-order chi connectivity index (χ1) is 9.16. The lowest BCUT2D eigenvalue weighted by Crippen LogP contribution is -2.55. The zero-order valence-electron chi connectivity index (χ0n) is 13.8. The first-order valence-electron chi connectivity index (χ1n) is 7.56. The molecule has 2 nitrogen and oxygen atoms in total. The van der Waals surface area contributed by atoms with Crippen LogP contribution in [0.25, 0.3) is 0 Å². The lowest BCUT2D eigenvalue weighted by atomic mass is 9.52. The van der Waals surface area contributed by atoms with E-state index in [0.29, 0.717) is 5.41 Å². The van der Waals surface area contributed by atoms with Crippen LogP contribution >= 0.6 is 0 Å². The summed E-state index contributed by atoms with van der Waals surface area (Å²) < 4.78 is 5.27. The van der Waals surface area contributed by atoms with Crippen LogP contribution in [0.1, 0.15) is 53.0 Å². The van der Waals surface area contributed by atoms with Gasteiger partial charge in [0.25, 0.3) is 0 Å². The monoisotopic (exact) mass is 275 g/mol. The summed E-state index contributed by atoms with van der Waals surface area (Å²) in [6, 6.07) is 8.63. The van der Waals surface area contributed by atoms with Gasteiger partial charge in [0, 0.05) is 17.5 Å². The fourth-order valence-corrected chi connectivity index (χ4v) is 3.59. The van der Waals surface area contributed by atoms with Crippen LogP contribution in [0.15, 0.2) is 24.3 Å². The van der Waals surface area contributed by atoms with E-state index in [4.69, 9.17) is 4.74 Å². The molecular weight excluding hydrogens is 246 g/mol. The highest BCUT2D eigenvalue weighted by atomic mass is 16.5. The molecule has 1 aromatic carbocycles. The summed E-state index contributed by atoms with van der Waals surface area (Å²) in [7, 11) is 1.72. The molecule has 0 aliphatic heterocycles. The quantitative estimate of drug-likeness (QED) is 0.891. The summed E-state index contributed by atoms with van der Waals surface area (Å²) in [4.78, 5) is 0. The number of ether oxygens (including phenoxy) is 1. The van der Waals surface area contributed by atoms with Crippen molar-refractivity contribution in [1.82, 2.24) is 5.32 Å². The molecule has 0 atom stereocenters. The van der Waals surface area contributed by atoms with Crippen molar-refractivity contribution in [1.29, 1.82) is 0 Å². The standard InChI is InChI=1S/C18H29NO/c1-16(2,3)19-13-18(11-17(4,5)12-18)14-7-9-15(20-6)10-8-14/h7-10,19H,11-13H2,1-6H3. The van der Waals surface area contributed by atoms with Crippen molar-refractivity contribution in [2.24, 2.45) is 5.41 Å². The predicted molar refractivity (Wildman–Crippen MR) is 85.4 cm³/mol. The minimum Gasteiger partial charge on any atom is -0.497 e. The number of hydrogen-bond donors (Lipinski definition) is 1. The second kappa shape index (κ2) is 5.07. The smallest absolute Gasteiger partial charge is 0.118 e. The molecule has 1 fully saturated rings. The van der Waals surface area contributed by atoms with Crippen LogP contribution in [0.2, 0.25) is 0 Å². The Bertz CT molecular complexity index is 445. The topological polar surface area (TPSA) is 21.3 Å². The Morgan fingerprint density at radius 1 is 1.10 bits per heavy atom. The molecule has 20 heavy (non-hydrogen) atoms. The lowest BCUT2D eigenvalue weighted by molar-refractivity contribution is 0.0512. The molecule has 0 bridgehead atoms. The molecule has 0 spiro atoms. The van der Waals surface area contributed by atoms with Gasteiger partial charge in [0.1, 0.15) is 5.75 Å². The van der Waals surface area contributed by atoms with Gasteiger partial charge in [-0.3, -0.25) is 0 Å². The second-order valence-corrected chi connectivity index (χ2v) is 8.13. The minimum atomic E-state index is 0.166. The van der Waals surface area contributed by atoms with Crippen LogP contribution in [0.5, 0.6) is 5.75 Å². The average Bonchev–Trinajstić information content (AvgIpc) is 2.33. The zero-order valence-corrected chi connectivity index (χ0v) is 13.8. The Morgan fingerprint density at radius 3 is 2.05 bits per heavy atom. The maximum Gasteiger partial charge on any atom is 0.118 e. The largest absolute Gasteiger partial charge is 0.497 e. The van der Waals surface area contributed by atoms with E-state index in [1.54, 1.807) is 7.11 Å². The van der Waals surface area contributed by atoms with Gasteiger partial charge < -0.3 is 10.1 Å². The number of methoxy groups -OCH3 is 1. The summed E-state index contributed by atoms with van der Waals surface area (Å²) in [6.45, 7) is 12.5. The summed E-state index contributed by atoms with van der Waals surface area (Å²) >= 11 is 0. The average molecular weight is 275 g/mol. The van der Waals surface area contributed by atoms with Gasteiger partial charge in [0.15, 0.2) is 0 Å². The van der Waals surface area contributed by atoms with E-state index in [1.807, 2.05) is 0 Å². The summed E-state index contributed by atoms with van der Waals surface area (Å²) in [5, 5.41) is 3.70. The highest BCUT2D eigenvalue weighted by Crippen LogP contribution is 2.55. The van der Waals surface area contributed by atoms with Crippen LogP contribution < -0.4 is 10.1 Å². The highest BCUT2D eigenvalue weighted by Gasteiger charge is 2.50. The van der Waals surface area contributed by atoms with Crippen molar-refractivity contribution in [2.45, 2.75) is 58.4 Å². The molecule has 0 unspecified atom stereocenters. The molecule has 2 heteroatoms. The first kappa shape index (κ1) is 15.4. The van der Waals surface area contributed by atoms with Crippen LogP contribution in [-0.2, 0) is 5.41 Å². The zero-order chi connectivity index (χ0) is 15.0. The van der Waals surface area contributed by atoms with E-state index in [1.165, 1.54) is 18.4 Å². The molecule has 0 aromatic heterocycles. The molecule has 0 heterocycles. The SMILES string of the molecule is COc1ccc(C2(CNC(C)(C)C)CC(C)(C)C2)cc1. The Labute approximate surface area is 123 Å². The molecule has 1 saturated carbocycles. The summed E-state index contributed by atoms with van der Waals surface area (Å²) in [6.07, 6.45) is 2.49. The summed E-state index contributed by atoms with van der Waals surface area (Å²) in [5.74, 6) is 0.936. The van der Waals surface area contributed by atoms with Crippen molar-refractivity contribution in [3.05, 3.63) is 29.8 Å². The number of hydrogen-bond acceptors (Lipinski definition) is 2. The highest BCUT2D eigenvalue weighted by molar-refractivity contribution is 5.35. The van der Waals surface area contributed by atoms with E-state index in [2.05, 4.69) is 64.2 Å². The fourth-order valence-electron chi connectivity index (χ4n) is 3.59. The van der Waals surface area contributed by atoms with Crippen LogP contribution in [0.4, 0.5) is 0 Å². The van der Waals surface area contributed by atoms with Crippen molar-refractivity contribution in [3.63, 3.8) is 0 Å². The maximum atomic E-state index is 5.27. The Balaban J connectivity index is 2.19. The van der Waals surface area contributed by atoms with E-state index >= 15 is 0 Å². The second-order valence-electron chi connectivity index (χ2n) is 8.13. The molecule has 1 N–H and O–H groups in total. The van der Waals surface area contributed by atoms with Crippen molar-refractivity contribution in [2.75, 3.05) is 13.7 Å². The van der Waals surface area contributed by atoms with Gasteiger partial charge in [-0.15, -0.1) is 0 Å². The van der Waals surface area contributed by atoms with Gasteiger partial charge in [-0.2, -0.15) is 0 Å². The molecule has 0 radical (unpaired) electrons. The molecule has 1 aliphatic rings. The van der Waals surface area contributed by atoms with Gasteiger partial charge in [-0.1, -0.05) is 26.0 Å². The first-order valence-corrected chi connectivity index (χ1v) is 7.56. The fraction of sp³-hybridized carbons (Fsp3) is 0.667. The van der Waals surface area contributed by atoms with Crippen LogP contribution in [-0.4, -0.2) is 19.2 Å². The third-order valence-corrected chi connectivity index (χ3v) is 4.29. The van der Waals surface area contributed by atoms with E-state index in [9.17, 15) is 0 Å². The normalized spacial score (nSPS) is 20.3. The molecule has 1 aromatic rings. The third-order valence-electron chi connectivity index (χ3n) is 4.29. The molecule has 0 amide bonds. The van der Waals surface area contributed by atoms with E-state index < -0.39 is 0 Å². The Kier molecular flexibility index (Phi) is 3.90. The van der Waals surface area contributed by atoms with Gasteiger partial charge in [0.05, 0.1) is 7.11 Å². The molecule has 2 rings (SSSR count). The van der Waals surface area contributed by atoms with Gasteiger partial charge in [-0.05, 0) is 56.7 Å². The van der Waals surface area contributed by atoms with Crippen molar-refractivity contribution >= 4 is 0 Å². The Morgan fingerprint density at radius 2 is 1.65 bits per heavy atom. The van der Waals surface area contributed by atoms with Gasteiger partial charge >= 0.3 is 0 Å². The molecule has 0 saturated heterocycles. The van der Waals surface area contributed by atoms with Gasteiger partial charge in [0.2, 0.25) is 0 Å². The maximum absolute atomic E-state index is 5.27. The molecular formula is C18H29NO.